The molecule has 0 amide bonds. The first-order valence-electron chi connectivity index (χ1n) is 11.3. The van der Waals surface area contributed by atoms with Crippen molar-refractivity contribution in [3.63, 3.8) is 0 Å². The summed E-state index contributed by atoms with van der Waals surface area (Å²) in [5, 5.41) is 13.0. The smallest absolute Gasteiger partial charge is 0.375 e. The summed E-state index contributed by atoms with van der Waals surface area (Å²) in [5.74, 6) is 0.502. The first-order valence-corrected chi connectivity index (χ1v) is 11.3. The summed E-state index contributed by atoms with van der Waals surface area (Å²) in [6.07, 6.45) is -0.408. The molecule has 0 spiro atoms. The van der Waals surface area contributed by atoms with Crippen molar-refractivity contribution in [1.82, 2.24) is 24.9 Å². The molecular weight excluding hydrogens is 431 g/mol. The van der Waals surface area contributed by atoms with Crippen molar-refractivity contribution in [2.45, 2.75) is 39.1 Å². The number of benzene rings is 2. The number of piperidine rings is 1. The summed E-state index contributed by atoms with van der Waals surface area (Å²) in [7, 11) is 0. The van der Waals surface area contributed by atoms with Crippen molar-refractivity contribution in [2.75, 3.05) is 19.7 Å². The third-order valence-corrected chi connectivity index (χ3v) is 6.36. The van der Waals surface area contributed by atoms with E-state index in [0.29, 0.717) is 31.1 Å². The van der Waals surface area contributed by atoms with E-state index in [4.69, 9.17) is 4.74 Å². The summed E-state index contributed by atoms with van der Waals surface area (Å²) >= 11 is 0. The van der Waals surface area contributed by atoms with E-state index in [-0.39, 0.29) is 0 Å². The predicted molar refractivity (Wildman–Crippen MR) is 120 cm³/mol. The van der Waals surface area contributed by atoms with Gasteiger partial charge in [-0.15, -0.1) is 5.10 Å². The number of nitrogens with one attached hydrogen (secondary N) is 1. The number of fused-ring (bicyclic) bond motifs is 3. The molecule has 0 radical (unpaired) electrons. The van der Waals surface area contributed by atoms with Gasteiger partial charge >= 0.3 is 6.18 Å². The SMILES string of the molecule is CCn1c2ccc(-n3nncc3COCC3CCCNC3)cc2c2cc(C(F)(F)F)ccc21. The van der Waals surface area contributed by atoms with Gasteiger partial charge in [-0.1, -0.05) is 5.21 Å². The molecular formula is C24H26F3N5O. The summed E-state index contributed by atoms with van der Waals surface area (Å²) in [5.41, 5.74) is 2.56. The highest BCUT2D eigenvalue weighted by Gasteiger charge is 2.31. The fourth-order valence-electron chi connectivity index (χ4n) is 4.71. The van der Waals surface area contributed by atoms with Crippen LogP contribution in [0.2, 0.25) is 0 Å². The molecule has 6 nitrogen and oxygen atoms in total. The highest BCUT2D eigenvalue weighted by Crippen LogP contribution is 2.36. The van der Waals surface area contributed by atoms with Gasteiger partial charge in [-0.2, -0.15) is 13.2 Å². The molecule has 1 unspecified atom stereocenters. The van der Waals surface area contributed by atoms with E-state index in [1.54, 1.807) is 16.9 Å². The monoisotopic (exact) mass is 457 g/mol. The highest BCUT2D eigenvalue weighted by molar-refractivity contribution is 6.09. The van der Waals surface area contributed by atoms with Crippen molar-refractivity contribution in [1.29, 1.82) is 0 Å². The summed E-state index contributed by atoms with van der Waals surface area (Å²) in [4.78, 5) is 0. The van der Waals surface area contributed by atoms with Crippen LogP contribution >= 0.6 is 0 Å². The Kier molecular flexibility index (Phi) is 5.84. The van der Waals surface area contributed by atoms with E-state index in [9.17, 15) is 13.2 Å². The van der Waals surface area contributed by atoms with Crippen LogP contribution in [0.3, 0.4) is 0 Å². The number of nitrogens with zero attached hydrogens (tertiary/aromatic N) is 4. The first kappa shape index (κ1) is 21.9. The lowest BCUT2D eigenvalue weighted by Crippen LogP contribution is -2.32. The Morgan fingerprint density at radius 3 is 2.64 bits per heavy atom. The van der Waals surface area contributed by atoms with E-state index in [0.717, 1.165) is 59.8 Å². The number of alkyl halides is 3. The minimum atomic E-state index is -4.39. The normalized spacial score (nSPS) is 17.3. The second-order valence-corrected chi connectivity index (χ2v) is 8.54. The van der Waals surface area contributed by atoms with E-state index >= 15 is 0 Å². The van der Waals surface area contributed by atoms with Crippen LogP contribution in [0.15, 0.2) is 42.6 Å². The van der Waals surface area contributed by atoms with Gasteiger partial charge in [0, 0.05) is 34.9 Å². The molecule has 0 aliphatic carbocycles. The first-order chi connectivity index (χ1) is 16.0. The van der Waals surface area contributed by atoms with Crippen LogP contribution in [0.4, 0.5) is 13.2 Å². The topological polar surface area (TPSA) is 56.9 Å². The van der Waals surface area contributed by atoms with Crippen LogP contribution in [0, 0.1) is 5.92 Å². The van der Waals surface area contributed by atoms with E-state index < -0.39 is 11.7 Å². The summed E-state index contributed by atoms with van der Waals surface area (Å²) in [6.45, 7) is 5.71. The maximum Gasteiger partial charge on any atom is 0.416 e. The largest absolute Gasteiger partial charge is 0.416 e. The van der Waals surface area contributed by atoms with Crippen LogP contribution < -0.4 is 5.32 Å². The Bertz CT molecular complexity index is 1270. The van der Waals surface area contributed by atoms with Crippen LogP contribution in [-0.4, -0.2) is 39.3 Å². The predicted octanol–water partition coefficient (Wildman–Crippen LogP) is 4.93. The van der Waals surface area contributed by atoms with Gasteiger partial charge < -0.3 is 14.6 Å². The average molecular weight is 458 g/mol. The van der Waals surface area contributed by atoms with Crippen molar-refractivity contribution >= 4 is 21.8 Å². The molecule has 174 valence electrons. The zero-order chi connectivity index (χ0) is 23.0. The highest BCUT2D eigenvalue weighted by atomic mass is 19.4. The fraction of sp³-hybridized carbons (Fsp3) is 0.417. The van der Waals surface area contributed by atoms with Gasteiger partial charge in [-0.05, 0) is 68.6 Å². The van der Waals surface area contributed by atoms with Crippen molar-refractivity contribution in [3.8, 4) is 5.69 Å². The molecule has 33 heavy (non-hydrogen) atoms. The molecule has 2 aromatic heterocycles. The molecule has 5 rings (SSSR count). The van der Waals surface area contributed by atoms with E-state index in [1.807, 2.05) is 29.7 Å². The van der Waals surface area contributed by atoms with Crippen molar-refractivity contribution in [3.05, 3.63) is 53.9 Å². The van der Waals surface area contributed by atoms with Crippen LogP contribution in [0.5, 0.6) is 0 Å². The molecule has 1 fully saturated rings. The fourth-order valence-corrected chi connectivity index (χ4v) is 4.71. The Morgan fingerprint density at radius 1 is 1.12 bits per heavy atom. The molecule has 1 N–H and O–H groups in total. The third kappa shape index (κ3) is 4.22. The Morgan fingerprint density at radius 2 is 1.91 bits per heavy atom. The standard InChI is InChI=1S/C24H26F3N5O/c1-2-31-22-7-5-17(24(25,26)27)10-20(22)21-11-18(6-8-23(21)31)32-19(13-29-30-32)15-33-14-16-4-3-9-28-12-16/h5-8,10-11,13,16,28H,2-4,9,12,14-15H2,1H3. The molecule has 1 atom stereocenters. The number of ether oxygens (including phenoxy) is 1. The second-order valence-electron chi connectivity index (χ2n) is 8.54. The van der Waals surface area contributed by atoms with E-state index in [1.165, 1.54) is 6.07 Å². The number of hydrogen-bond acceptors (Lipinski definition) is 4. The molecule has 1 aliphatic rings. The molecule has 3 heterocycles. The number of rotatable bonds is 6. The lowest BCUT2D eigenvalue weighted by molar-refractivity contribution is -0.137. The molecule has 1 aliphatic heterocycles. The minimum absolute atomic E-state index is 0.372. The third-order valence-electron chi connectivity index (χ3n) is 6.36. The molecule has 2 aromatic carbocycles. The zero-order valence-electron chi connectivity index (χ0n) is 18.4. The Hall–Kier alpha value is -2.91. The Balaban J connectivity index is 1.48. The van der Waals surface area contributed by atoms with Gasteiger partial charge in [-0.25, -0.2) is 4.68 Å². The van der Waals surface area contributed by atoms with Crippen LogP contribution in [0.25, 0.3) is 27.5 Å². The number of aryl methyl sites for hydroxylation is 1. The zero-order valence-corrected chi connectivity index (χ0v) is 18.4. The van der Waals surface area contributed by atoms with Gasteiger partial charge in [0.2, 0.25) is 0 Å². The van der Waals surface area contributed by atoms with Crippen LogP contribution in [0.1, 0.15) is 31.0 Å². The number of hydrogen-bond donors (Lipinski definition) is 1. The van der Waals surface area contributed by atoms with Gasteiger partial charge in [0.1, 0.15) is 0 Å². The summed E-state index contributed by atoms with van der Waals surface area (Å²) in [6, 6.07) is 9.66. The quantitative estimate of drug-likeness (QED) is 0.446. The number of halogens is 3. The minimum Gasteiger partial charge on any atom is -0.375 e. The number of aromatic nitrogens is 4. The molecule has 1 saturated heterocycles. The van der Waals surface area contributed by atoms with E-state index in [2.05, 4.69) is 15.6 Å². The molecule has 9 heteroatoms. The average Bonchev–Trinajstić information content (AvgIpc) is 3.40. The van der Waals surface area contributed by atoms with Gasteiger partial charge in [-0.3, -0.25) is 0 Å². The van der Waals surface area contributed by atoms with Gasteiger partial charge in [0.25, 0.3) is 0 Å². The molecule has 0 saturated carbocycles. The second kappa shape index (κ2) is 8.79. The Labute approximate surface area is 189 Å². The molecule has 4 aromatic rings. The maximum atomic E-state index is 13.4. The van der Waals surface area contributed by atoms with Crippen molar-refractivity contribution in [2.24, 2.45) is 5.92 Å². The lowest BCUT2D eigenvalue weighted by atomic mass is 10.0. The summed E-state index contributed by atoms with van der Waals surface area (Å²) < 4.78 is 49.8. The van der Waals surface area contributed by atoms with Crippen molar-refractivity contribution < 1.29 is 17.9 Å². The maximum absolute atomic E-state index is 13.4. The van der Waals surface area contributed by atoms with Gasteiger partial charge in [0.05, 0.1) is 36.4 Å². The lowest BCUT2D eigenvalue weighted by Gasteiger charge is -2.22. The van der Waals surface area contributed by atoms with Gasteiger partial charge in [0.15, 0.2) is 0 Å². The van der Waals surface area contributed by atoms with Crippen LogP contribution in [-0.2, 0) is 24.1 Å². The molecule has 0 bridgehead atoms.